The Kier molecular flexibility index (Phi) is 5.20. The van der Waals surface area contributed by atoms with Crippen LogP contribution < -0.4 is 15.4 Å². The topological polar surface area (TPSA) is 68.8 Å². The average molecular weight is 280 g/mol. The Morgan fingerprint density at radius 1 is 1.45 bits per heavy atom. The second kappa shape index (κ2) is 7.12. The first-order chi connectivity index (χ1) is 9.70. The zero-order valence-electron chi connectivity index (χ0n) is 11.8. The third-order valence-electron chi connectivity index (χ3n) is 3.07. The monoisotopic (exact) mass is 280 g/mol. The standard InChI is InChI=1S/C14H20N2O4/c1-10-4-3-5-12(18-2)13(10)16-14(17)15-8-11-9-19-6-7-20-11/h3-5,11H,6-9H2,1-2H3,(H2,15,16,17)/t11-/m1/s1. The summed E-state index contributed by atoms with van der Waals surface area (Å²) in [7, 11) is 1.57. The Morgan fingerprint density at radius 3 is 3.00 bits per heavy atom. The molecule has 1 atom stereocenters. The van der Waals surface area contributed by atoms with E-state index in [4.69, 9.17) is 14.2 Å². The van der Waals surface area contributed by atoms with Crippen LogP contribution in [0.2, 0.25) is 0 Å². The van der Waals surface area contributed by atoms with Crippen LogP contribution in [-0.4, -0.2) is 45.6 Å². The largest absolute Gasteiger partial charge is 0.495 e. The van der Waals surface area contributed by atoms with Crippen LogP contribution in [0.3, 0.4) is 0 Å². The van der Waals surface area contributed by atoms with Gasteiger partial charge in [-0.2, -0.15) is 0 Å². The number of nitrogens with one attached hydrogen (secondary N) is 2. The number of hydrogen-bond donors (Lipinski definition) is 2. The molecule has 0 saturated carbocycles. The molecule has 1 aliphatic rings. The van der Waals surface area contributed by atoms with Crippen molar-refractivity contribution in [3.63, 3.8) is 0 Å². The molecule has 0 aromatic heterocycles. The molecule has 110 valence electrons. The Bertz CT molecular complexity index is 458. The lowest BCUT2D eigenvalue weighted by atomic mass is 10.2. The van der Waals surface area contributed by atoms with Crippen LogP contribution >= 0.6 is 0 Å². The molecule has 2 N–H and O–H groups in total. The molecule has 1 heterocycles. The summed E-state index contributed by atoms with van der Waals surface area (Å²) in [5.74, 6) is 0.636. The van der Waals surface area contributed by atoms with Crippen molar-refractivity contribution < 1.29 is 19.0 Å². The van der Waals surface area contributed by atoms with Crippen molar-refractivity contribution in [2.24, 2.45) is 0 Å². The Morgan fingerprint density at radius 2 is 2.30 bits per heavy atom. The van der Waals surface area contributed by atoms with Gasteiger partial charge < -0.3 is 24.8 Å². The number of para-hydroxylation sites is 1. The molecule has 0 spiro atoms. The van der Waals surface area contributed by atoms with Crippen LogP contribution in [0.4, 0.5) is 10.5 Å². The molecule has 1 saturated heterocycles. The van der Waals surface area contributed by atoms with E-state index in [1.165, 1.54) is 0 Å². The van der Waals surface area contributed by atoms with Crippen LogP contribution in [-0.2, 0) is 9.47 Å². The Balaban J connectivity index is 1.88. The normalized spacial score (nSPS) is 18.4. The van der Waals surface area contributed by atoms with Gasteiger partial charge in [-0.1, -0.05) is 12.1 Å². The van der Waals surface area contributed by atoms with E-state index in [0.29, 0.717) is 37.8 Å². The summed E-state index contributed by atoms with van der Waals surface area (Å²) in [6.45, 7) is 4.02. The van der Waals surface area contributed by atoms with Crippen LogP contribution in [0.1, 0.15) is 5.56 Å². The Labute approximate surface area is 118 Å². The molecular weight excluding hydrogens is 260 g/mol. The summed E-state index contributed by atoms with van der Waals surface area (Å²) in [5.41, 5.74) is 1.62. The van der Waals surface area contributed by atoms with E-state index in [1.807, 2.05) is 19.1 Å². The second-order valence-electron chi connectivity index (χ2n) is 4.55. The van der Waals surface area contributed by atoms with Gasteiger partial charge in [0.15, 0.2) is 0 Å². The molecule has 6 heteroatoms. The molecule has 0 radical (unpaired) electrons. The highest BCUT2D eigenvalue weighted by Gasteiger charge is 2.16. The fraction of sp³-hybridized carbons (Fsp3) is 0.500. The average Bonchev–Trinajstić information content (AvgIpc) is 2.48. The van der Waals surface area contributed by atoms with Crippen molar-refractivity contribution in [1.29, 1.82) is 0 Å². The van der Waals surface area contributed by atoms with E-state index in [2.05, 4.69) is 10.6 Å². The lowest BCUT2D eigenvalue weighted by molar-refractivity contribution is -0.0852. The van der Waals surface area contributed by atoms with Gasteiger partial charge in [-0.25, -0.2) is 4.79 Å². The maximum atomic E-state index is 11.9. The summed E-state index contributed by atoms with van der Waals surface area (Å²) in [6, 6.07) is 5.31. The SMILES string of the molecule is COc1cccc(C)c1NC(=O)NC[C@@H]1COCCO1. The number of methoxy groups -OCH3 is 1. The van der Waals surface area contributed by atoms with Gasteiger partial charge in [0.25, 0.3) is 0 Å². The first-order valence-corrected chi connectivity index (χ1v) is 6.58. The minimum Gasteiger partial charge on any atom is -0.495 e. The predicted molar refractivity (Wildman–Crippen MR) is 75.3 cm³/mol. The van der Waals surface area contributed by atoms with E-state index in [1.54, 1.807) is 13.2 Å². The van der Waals surface area contributed by atoms with E-state index in [-0.39, 0.29) is 12.1 Å². The molecular formula is C14H20N2O4. The molecule has 0 unspecified atom stereocenters. The summed E-state index contributed by atoms with van der Waals surface area (Å²) >= 11 is 0. The number of benzene rings is 1. The van der Waals surface area contributed by atoms with Crippen molar-refractivity contribution in [2.45, 2.75) is 13.0 Å². The highest BCUT2D eigenvalue weighted by atomic mass is 16.6. The first-order valence-electron chi connectivity index (χ1n) is 6.58. The van der Waals surface area contributed by atoms with E-state index < -0.39 is 0 Å². The third kappa shape index (κ3) is 3.85. The summed E-state index contributed by atoms with van der Waals surface area (Å²) in [6.07, 6.45) is -0.0896. The zero-order chi connectivity index (χ0) is 14.4. The van der Waals surface area contributed by atoms with Gasteiger partial charge in [0, 0.05) is 6.54 Å². The number of anilines is 1. The van der Waals surface area contributed by atoms with Gasteiger partial charge in [-0.3, -0.25) is 0 Å². The lowest BCUT2D eigenvalue weighted by Gasteiger charge is -2.23. The number of ether oxygens (including phenoxy) is 3. The van der Waals surface area contributed by atoms with E-state index in [0.717, 1.165) is 5.56 Å². The zero-order valence-corrected chi connectivity index (χ0v) is 11.8. The lowest BCUT2D eigenvalue weighted by Crippen LogP contribution is -2.41. The van der Waals surface area contributed by atoms with Gasteiger partial charge in [0.05, 0.1) is 38.7 Å². The van der Waals surface area contributed by atoms with Crippen molar-refractivity contribution >= 4 is 11.7 Å². The second-order valence-corrected chi connectivity index (χ2v) is 4.55. The number of amides is 2. The number of hydrogen-bond acceptors (Lipinski definition) is 4. The molecule has 2 amide bonds. The first kappa shape index (κ1) is 14.6. The van der Waals surface area contributed by atoms with Crippen LogP contribution in [0.15, 0.2) is 18.2 Å². The van der Waals surface area contributed by atoms with Gasteiger partial charge in [-0.15, -0.1) is 0 Å². The summed E-state index contributed by atoms with van der Waals surface area (Å²) in [4.78, 5) is 11.9. The molecule has 1 aromatic rings. The van der Waals surface area contributed by atoms with Crippen LogP contribution in [0, 0.1) is 6.92 Å². The number of aryl methyl sites for hydroxylation is 1. The molecule has 0 aliphatic carbocycles. The maximum Gasteiger partial charge on any atom is 0.319 e. The number of carbonyl (C=O) groups excluding carboxylic acids is 1. The fourth-order valence-corrected chi connectivity index (χ4v) is 1.99. The van der Waals surface area contributed by atoms with Crippen molar-refractivity contribution in [2.75, 3.05) is 38.8 Å². The van der Waals surface area contributed by atoms with E-state index in [9.17, 15) is 4.79 Å². The molecule has 2 rings (SSSR count). The number of carbonyl (C=O) groups is 1. The number of rotatable bonds is 4. The molecule has 20 heavy (non-hydrogen) atoms. The van der Waals surface area contributed by atoms with Gasteiger partial charge in [0.1, 0.15) is 5.75 Å². The van der Waals surface area contributed by atoms with Crippen LogP contribution in [0.25, 0.3) is 0 Å². The van der Waals surface area contributed by atoms with E-state index >= 15 is 0 Å². The predicted octanol–water partition coefficient (Wildman–Crippen LogP) is 1.54. The Hall–Kier alpha value is -1.79. The van der Waals surface area contributed by atoms with Crippen LogP contribution in [0.5, 0.6) is 5.75 Å². The third-order valence-corrected chi connectivity index (χ3v) is 3.07. The van der Waals surface area contributed by atoms with Crippen molar-refractivity contribution in [3.05, 3.63) is 23.8 Å². The van der Waals surface area contributed by atoms with Crippen molar-refractivity contribution in [3.8, 4) is 5.75 Å². The minimum absolute atomic E-state index is 0.0896. The highest BCUT2D eigenvalue weighted by Crippen LogP contribution is 2.27. The summed E-state index contributed by atoms with van der Waals surface area (Å²) < 4.78 is 16.0. The van der Waals surface area contributed by atoms with Gasteiger partial charge >= 0.3 is 6.03 Å². The quantitative estimate of drug-likeness (QED) is 0.878. The molecule has 1 fully saturated rings. The molecule has 6 nitrogen and oxygen atoms in total. The minimum atomic E-state index is -0.285. The summed E-state index contributed by atoms with van der Waals surface area (Å²) in [5, 5.41) is 5.57. The molecule has 1 aromatic carbocycles. The molecule has 1 aliphatic heterocycles. The number of urea groups is 1. The fourth-order valence-electron chi connectivity index (χ4n) is 1.99. The van der Waals surface area contributed by atoms with Crippen molar-refractivity contribution in [1.82, 2.24) is 5.32 Å². The van der Waals surface area contributed by atoms with Gasteiger partial charge in [-0.05, 0) is 18.6 Å². The highest BCUT2D eigenvalue weighted by molar-refractivity contribution is 5.91. The van der Waals surface area contributed by atoms with Gasteiger partial charge in [0.2, 0.25) is 0 Å². The maximum absolute atomic E-state index is 11.9. The smallest absolute Gasteiger partial charge is 0.319 e. The molecule has 0 bridgehead atoms.